The number of fused-ring (bicyclic) bond motifs is 1. The van der Waals surface area contributed by atoms with Crippen LogP contribution in [0.2, 0.25) is 0 Å². The number of rotatable bonds is 5. The number of amides is 2. The minimum absolute atomic E-state index is 0.358. The van der Waals surface area contributed by atoms with E-state index in [-0.39, 0.29) is 6.03 Å². The second-order valence-electron chi connectivity index (χ2n) is 6.23. The van der Waals surface area contributed by atoms with E-state index in [2.05, 4.69) is 43.2 Å². The highest BCUT2D eigenvalue weighted by Crippen LogP contribution is 2.19. The average molecular weight is 406 g/mol. The van der Waals surface area contributed by atoms with Crippen LogP contribution in [0.3, 0.4) is 0 Å². The van der Waals surface area contributed by atoms with Gasteiger partial charge in [0.15, 0.2) is 5.65 Å². The number of nitrogens with zero attached hydrogens (tertiary/aromatic N) is 7. The Kier molecular flexibility index (Phi) is 5.34. The van der Waals surface area contributed by atoms with Crippen molar-refractivity contribution >= 4 is 35.8 Å². The van der Waals surface area contributed by atoms with Crippen LogP contribution in [0, 0.1) is 0 Å². The summed E-state index contributed by atoms with van der Waals surface area (Å²) in [5, 5.41) is 7.07. The van der Waals surface area contributed by atoms with Crippen molar-refractivity contribution in [3.05, 3.63) is 60.8 Å². The maximum atomic E-state index is 12.0. The van der Waals surface area contributed by atoms with E-state index >= 15 is 0 Å². The average Bonchev–Trinajstić information content (AvgIpc) is 3.21. The SMILES string of the molecule is CCN(S)C(=O)Nc1ccc2ncc(-c3cnn(Cc4cccnc4)c3)nc2n1. The van der Waals surface area contributed by atoms with Gasteiger partial charge in [-0.1, -0.05) is 18.9 Å². The quantitative estimate of drug-likeness (QED) is 0.494. The topological polar surface area (TPSA) is 102 Å². The Balaban J connectivity index is 1.57. The third-order valence-electron chi connectivity index (χ3n) is 4.17. The summed E-state index contributed by atoms with van der Waals surface area (Å²) in [5.41, 5.74) is 3.59. The summed E-state index contributed by atoms with van der Waals surface area (Å²) in [6, 6.07) is 6.97. The molecule has 0 aliphatic carbocycles. The third kappa shape index (κ3) is 4.32. The molecule has 0 aliphatic heterocycles. The van der Waals surface area contributed by atoms with Crippen molar-refractivity contribution in [2.45, 2.75) is 13.5 Å². The van der Waals surface area contributed by atoms with Crippen molar-refractivity contribution in [2.24, 2.45) is 0 Å². The Morgan fingerprint density at radius 1 is 1.21 bits per heavy atom. The van der Waals surface area contributed by atoms with Gasteiger partial charge in [-0.05, 0) is 30.7 Å². The summed E-state index contributed by atoms with van der Waals surface area (Å²) in [4.78, 5) is 29.5. The first-order chi connectivity index (χ1) is 14.1. The van der Waals surface area contributed by atoms with Crippen molar-refractivity contribution in [1.29, 1.82) is 0 Å². The van der Waals surface area contributed by atoms with Gasteiger partial charge in [0.1, 0.15) is 11.3 Å². The van der Waals surface area contributed by atoms with Crippen molar-refractivity contribution in [1.82, 2.24) is 34.0 Å². The molecule has 0 bridgehead atoms. The highest BCUT2D eigenvalue weighted by molar-refractivity contribution is 7.78. The van der Waals surface area contributed by atoms with Crippen LogP contribution in [0.1, 0.15) is 12.5 Å². The predicted octanol–water partition coefficient (Wildman–Crippen LogP) is 3.03. The van der Waals surface area contributed by atoms with Crippen LogP contribution in [0.4, 0.5) is 10.6 Å². The molecule has 0 saturated carbocycles. The van der Waals surface area contributed by atoms with Crippen LogP contribution in [0.25, 0.3) is 22.4 Å². The zero-order chi connectivity index (χ0) is 20.2. The maximum Gasteiger partial charge on any atom is 0.332 e. The summed E-state index contributed by atoms with van der Waals surface area (Å²) in [5.74, 6) is 0.383. The van der Waals surface area contributed by atoms with Crippen molar-refractivity contribution in [3.8, 4) is 11.3 Å². The molecule has 0 unspecified atom stereocenters. The highest BCUT2D eigenvalue weighted by Gasteiger charge is 2.11. The fourth-order valence-electron chi connectivity index (χ4n) is 2.69. The number of hydrogen-bond acceptors (Lipinski definition) is 7. The Morgan fingerprint density at radius 3 is 2.90 bits per heavy atom. The maximum absolute atomic E-state index is 12.0. The number of pyridine rings is 2. The molecule has 0 aliphatic rings. The molecule has 4 heterocycles. The Bertz CT molecular complexity index is 1150. The smallest absolute Gasteiger partial charge is 0.291 e. The molecule has 0 saturated heterocycles. The fourth-order valence-corrected chi connectivity index (χ4v) is 2.74. The number of carbonyl (C=O) groups is 1. The summed E-state index contributed by atoms with van der Waals surface area (Å²) in [6.07, 6.45) is 8.86. The molecule has 0 radical (unpaired) electrons. The molecular weight excluding hydrogens is 388 g/mol. The summed E-state index contributed by atoms with van der Waals surface area (Å²) >= 11 is 4.08. The first kappa shape index (κ1) is 18.8. The molecule has 9 nitrogen and oxygen atoms in total. The number of thiol groups is 1. The first-order valence-corrected chi connectivity index (χ1v) is 9.35. The molecular formula is C19H18N8OS. The van der Waals surface area contributed by atoms with E-state index in [1.54, 1.807) is 36.9 Å². The van der Waals surface area contributed by atoms with Gasteiger partial charge in [-0.2, -0.15) is 5.10 Å². The molecule has 4 rings (SSSR count). The third-order valence-corrected chi connectivity index (χ3v) is 4.64. The van der Waals surface area contributed by atoms with Gasteiger partial charge in [0.05, 0.1) is 24.6 Å². The molecule has 0 spiro atoms. The lowest BCUT2D eigenvalue weighted by Gasteiger charge is -2.13. The molecule has 2 amide bonds. The molecule has 146 valence electrons. The number of hydrogen-bond donors (Lipinski definition) is 2. The van der Waals surface area contributed by atoms with Gasteiger partial charge in [-0.15, -0.1) is 0 Å². The van der Waals surface area contributed by atoms with Crippen molar-refractivity contribution in [2.75, 3.05) is 11.9 Å². The second kappa shape index (κ2) is 8.23. The van der Waals surface area contributed by atoms with Gasteiger partial charge in [0, 0.05) is 30.7 Å². The van der Waals surface area contributed by atoms with Gasteiger partial charge in [-0.25, -0.2) is 14.8 Å². The monoisotopic (exact) mass is 406 g/mol. The molecule has 1 N–H and O–H groups in total. The zero-order valence-corrected chi connectivity index (χ0v) is 16.5. The van der Waals surface area contributed by atoms with Gasteiger partial charge < -0.3 is 0 Å². The van der Waals surface area contributed by atoms with Crippen LogP contribution in [-0.4, -0.2) is 46.6 Å². The number of aromatic nitrogens is 6. The molecule has 29 heavy (non-hydrogen) atoms. The Hall–Kier alpha value is -3.53. The fraction of sp³-hybridized carbons (Fsp3) is 0.158. The second-order valence-corrected chi connectivity index (χ2v) is 6.71. The van der Waals surface area contributed by atoms with E-state index < -0.39 is 0 Å². The van der Waals surface area contributed by atoms with E-state index in [4.69, 9.17) is 0 Å². The van der Waals surface area contributed by atoms with E-state index in [1.165, 1.54) is 4.31 Å². The molecule has 10 heteroatoms. The number of carbonyl (C=O) groups excluding carboxylic acids is 1. The number of nitrogens with one attached hydrogen (secondary N) is 1. The summed E-state index contributed by atoms with van der Waals surface area (Å²) in [7, 11) is 0. The molecule has 0 aromatic carbocycles. The Labute approximate surface area is 172 Å². The van der Waals surface area contributed by atoms with Crippen LogP contribution >= 0.6 is 12.8 Å². The number of anilines is 1. The molecule has 4 aromatic rings. The molecule has 4 aromatic heterocycles. The Morgan fingerprint density at radius 2 is 2.10 bits per heavy atom. The van der Waals surface area contributed by atoms with Crippen molar-refractivity contribution < 1.29 is 4.79 Å². The van der Waals surface area contributed by atoms with Crippen LogP contribution in [0.5, 0.6) is 0 Å². The summed E-state index contributed by atoms with van der Waals surface area (Å²) < 4.78 is 3.07. The lowest BCUT2D eigenvalue weighted by Crippen LogP contribution is -2.27. The first-order valence-electron chi connectivity index (χ1n) is 8.95. The van der Waals surface area contributed by atoms with Gasteiger partial charge >= 0.3 is 6.03 Å². The van der Waals surface area contributed by atoms with Crippen LogP contribution in [-0.2, 0) is 6.54 Å². The normalized spacial score (nSPS) is 10.8. The van der Waals surface area contributed by atoms with Crippen molar-refractivity contribution in [3.63, 3.8) is 0 Å². The lowest BCUT2D eigenvalue weighted by molar-refractivity contribution is 0.240. The van der Waals surface area contributed by atoms with E-state index in [0.717, 1.165) is 11.1 Å². The zero-order valence-electron chi connectivity index (χ0n) is 15.6. The standard InChI is InChI=1S/C19H18N8OS/c1-2-27(29)19(28)25-17-6-5-15-18(24-17)23-16(10-21-15)14-9-22-26(12-14)11-13-4-3-7-20-8-13/h3-10,12,29H,2,11H2,1H3,(H,23,24,25,28). The van der Waals surface area contributed by atoms with E-state index in [9.17, 15) is 4.79 Å². The number of urea groups is 1. The molecule has 0 fully saturated rings. The minimum Gasteiger partial charge on any atom is -0.291 e. The van der Waals surface area contributed by atoms with Crippen LogP contribution < -0.4 is 5.32 Å². The molecule has 0 atom stereocenters. The lowest BCUT2D eigenvalue weighted by atomic mass is 10.2. The summed E-state index contributed by atoms with van der Waals surface area (Å²) in [6.45, 7) is 2.91. The predicted molar refractivity (Wildman–Crippen MR) is 112 cm³/mol. The van der Waals surface area contributed by atoms with Gasteiger partial charge in [0.2, 0.25) is 0 Å². The van der Waals surface area contributed by atoms with Crippen LogP contribution in [0.15, 0.2) is 55.2 Å². The van der Waals surface area contributed by atoms with E-state index in [1.807, 2.05) is 29.9 Å². The van der Waals surface area contributed by atoms with Gasteiger partial charge in [0.25, 0.3) is 0 Å². The highest BCUT2D eigenvalue weighted by atomic mass is 32.1. The van der Waals surface area contributed by atoms with E-state index in [0.29, 0.717) is 35.8 Å². The minimum atomic E-state index is -0.358. The van der Waals surface area contributed by atoms with Gasteiger partial charge in [-0.3, -0.25) is 24.3 Å². The largest absolute Gasteiger partial charge is 0.332 e.